The number of pyridine rings is 2. The Morgan fingerprint density at radius 1 is 0.600 bits per heavy atom. The van der Waals surface area contributed by atoms with Gasteiger partial charge < -0.3 is 9.40 Å². The molecule has 5 heteroatoms. The molecule has 0 N–H and O–H groups in total. The zero-order valence-electron chi connectivity index (χ0n) is 28.9. The van der Waals surface area contributed by atoms with Crippen LogP contribution in [0.1, 0.15) is 11.1 Å². The topological polar surface area (TPSA) is 38.9 Å². The van der Waals surface area contributed by atoms with Crippen molar-refractivity contribution in [1.29, 1.82) is 0 Å². The number of rotatable bonds is 5. The molecule has 3 nitrogen and oxygen atoms in total. The van der Waals surface area contributed by atoms with Gasteiger partial charge in [0.2, 0.25) is 0 Å². The van der Waals surface area contributed by atoms with Crippen molar-refractivity contribution in [2.75, 3.05) is 0 Å². The van der Waals surface area contributed by atoms with E-state index in [1.54, 1.807) is 0 Å². The van der Waals surface area contributed by atoms with Gasteiger partial charge in [-0.1, -0.05) is 89.8 Å². The van der Waals surface area contributed by atoms with Crippen LogP contribution in [0.4, 0.5) is 0 Å². The molecule has 0 aliphatic rings. The van der Waals surface area contributed by atoms with Crippen molar-refractivity contribution in [3.63, 3.8) is 0 Å². The van der Waals surface area contributed by atoms with E-state index in [-0.39, 0.29) is 20.1 Å². The zero-order chi connectivity index (χ0) is 34.0. The van der Waals surface area contributed by atoms with E-state index in [1.165, 1.54) is 32.2 Å². The maximum atomic E-state index is 6.38. The first-order valence-electron chi connectivity index (χ1n) is 16.7. The van der Waals surface area contributed by atoms with Gasteiger partial charge >= 0.3 is 106 Å². The third kappa shape index (κ3) is 7.29. The van der Waals surface area contributed by atoms with E-state index in [4.69, 9.17) is 9.40 Å². The van der Waals surface area contributed by atoms with Crippen LogP contribution in [0.15, 0.2) is 144 Å². The predicted molar refractivity (Wildman–Crippen MR) is 208 cm³/mol. The second-order valence-corrected chi connectivity index (χ2v) is 24.0. The van der Waals surface area contributed by atoms with Crippen LogP contribution >= 0.6 is 0 Å². The van der Waals surface area contributed by atoms with Gasteiger partial charge in [0.1, 0.15) is 5.58 Å². The van der Waals surface area contributed by atoms with Crippen LogP contribution in [0, 0.1) is 26.0 Å². The molecule has 0 atom stereocenters. The van der Waals surface area contributed by atoms with Gasteiger partial charge in [0.25, 0.3) is 0 Å². The molecule has 0 saturated heterocycles. The van der Waals surface area contributed by atoms with Crippen molar-refractivity contribution in [1.82, 2.24) is 9.97 Å². The van der Waals surface area contributed by atoms with Gasteiger partial charge in [-0.2, -0.15) is 0 Å². The van der Waals surface area contributed by atoms with Gasteiger partial charge in [-0.15, -0.1) is 18.2 Å². The normalized spacial score (nSPS) is 11.1. The Balaban J connectivity index is 0.000000204. The molecule has 0 spiro atoms. The first-order chi connectivity index (χ1) is 23.8. The summed E-state index contributed by atoms with van der Waals surface area (Å²) in [7, 11) is 0. The molecule has 8 rings (SSSR count). The van der Waals surface area contributed by atoms with Crippen LogP contribution in [0.5, 0.6) is 0 Å². The molecule has 5 aromatic carbocycles. The molecule has 3 heterocycles. The summed E-state index contributed by atoms with van der Waals surface area (Å²) in [5.41, 5.74) is 12.8. The number of nitrogens with zero attached hydrogens (tertiary/aromatic N) is 2. The number of hydrogen-bond donors (Lipinski definition) is 0. The Morgan fingerprint density at radius 3 is 1.90 bits per heavy atom. The van der Waals surface area contributed by atoms with E-state index in [0.29, 0.717) is 0 Å². The molecule has 1 radical (unpaired) electrons. The van der Waals surface area contributed by atoms with E-state index in [1.807, 2.05) is 54.7 Å². The van der Waals surface area contributed by atoms with Crippen molar-refractivity contribution < 1.29 is 24.5 Å². The average molecular weight is 888 g/mol. The Kier molecular flexibility index (Phi) is 10.6. The number of aryl methyl sites for hydroxylation is 2. The predicted octanol–water partition coefficient (Wildman–Crippen LogP) is 11.5. The monoisotopic (exact) mass is 889 g/mol. The number of aromatic nitrogens is 2. The van der Waals surface area contributed by atoms with Gasteiger partial charge in [-0.3, -0.25) is 0 Å². The Labute approximate surface area is 311 Å². The van der Waals surface area contributed by atoms with Crippen molar-refractivity contribution >= 4 is 39.6 Å². The first kappa shape index (κ1) is 35.2. The summed E-state index contributed by atoms with van der Waals surface area (Å²) < 4.78 is 7.87. The molecule has 0 saturated carbocycles. The standard InChI is InChI=1S/C30H20NO.C15H18GeN.Ir/c1-20-18-27(31-19-26(20)22-12-6-3-7-13-22)24-15-8-16-25-29-23(21-10-4-2-5-11-21)14-9-17-28(29)32-30(24)25;1-12-10-15(13-8-6-5-7-9-13)17-11-14(12)16(2,3)4;/h2-14,16-19H,1H3;5-8,10-11H,1-4H3;/q2*-1;. The van der Waals surface area contributed by atoms with Gasteiger partial charge in [0.05, 0.1) is 5.58 Å². The minimum Gasteiger partial charge on any atom is 0 e. The molecule has 0 aliphatic carbocycles. The molecule has 50 heavy (non-hydrogen) atoms. The molecule has 3 aromatic heterocycles. The molecule has 0 unspecified atom stereocenters. The largest absolute Gasteiger partial charge is 0 e. The molecule has 0 aliphatic heterocycles. The van der Waals surface area contributed by atoms with Crippen LogP contribution < -0.4 is 4.40 Å². The summed E-state index contributed by atoms with van der Waals surface area (Å²) in [5, 5.41) is 2.21. The van der Waals surface area contributed by atoms with E-state index < -0.39 is 13.3 Å². The maximum absolute atomic E-state index is 6.38. The molecular formula is C45H38GeIrN2O-2. The molecule has 0 fully saturated rings. The number of hydrogen-bond acceptors (Lipinski definition) is 3. The number of furan rings is 1. The van der Waals surface area contributed by atoms with Gasteiger partial charge in [-0.05, 0) is 40.9 Å². The van der Waals surface area contributed by atoms with E-state index in [2.05, 4.69) is 133 Å². The molecule has 8 aromatic rings. The van der Waals surface area contributed by atoms with Crippen molar-refractivity contribution in [2.24, 2.45) is 0 Å². The Morgan fingerprint density at radius 2 is 1.26 bits per heavy atom. The quantitative estimate of drug-likeness (QED) is 0.128. The van der Waals surface area contributed by atoms with E-state index in [0.717, 1.165) is 50.0 Å². The van der Waals surface area contributed by atoms with Gasteiger partial charge in [-0.25, -0.2) is 0 Å². The van der Waals surface area contributed by atoms with E-state index in [9.17, 15) is 0 Å². The second-order valence-electron chi connectivity index (χ2n) is 13.4. The van der Waals surface area contributed by atoms with Crippen LogP contribution in [0.3, 0.4) is 0 Å². The summed E-state index contributed by atoms with van der Waals surface area (Å²) in [6.07, 6.45) is 4.02. The summed E-state index contributed by atoms with van der Waals surface area (Å²) in [4.78, 5) is 9.39. The van der Waals surface area contributed by atoms with E-state index >= 15 is 0 Å². The smallest absolute Gasteiger partial charge is 0 e. The first-order valence-corrected chi connectivity index (χ1v) is 24.0. The summed E-state index contributed by atoms with van der Waals surface area (Å²) >= 11 is -1.77. The van der Waals surface area contributed by atoms with Gasteiger partial charge in [0.15, 0.2) is 0 Å². The summed E-state index contributed by atoms with van der Waals surface area (Å²) in [6.45, 7) is 4.32. The molecule has 249 valence electrons. The SMILES string of the molecule is Cc1cc(-c2[c-]ccc3c2oc2cccc(-c4ccccc4)c23)ncc1-c1ccccc1.Cc1cc(-c2[c-]cccc2)nc[c]1[Ge]([CH3])([CH3])[CH3].[Ir]. The average Bonchev–Trinajstić information content (AvgIpc) is 3.52. The minimum atomic E-state index is -1.77. The number of fused-ring (bicyclic) bond motifs is 3. The third-order valence-electron chi connectivity index (χ3n) is 8.90. The fourth-order valence-electron chi connectivity index (χ4n) is 6.49. The fourth-order valence-corrected chi connectivity index (χ4v) is 10.1. The zero-order valence-corrected chi connectivity index (χ0v) is 33.4. The van der Waals surface area contributed by atoms with Crippen LogP contribution in [0.2, 0.25) is 17.3 Å². The Hall–Kier alpha value is -4.61. The molecule has 0 bridgehead atoms. The minimum absolute atomic E-state index is 0. The Bertz CT molecular complexity index is 2380. The fraction of sp³-hybridized carbons (Fsp3) is 0.111. The second kappa shape index (κ2) is 15.1. The van der Waals surface area contributed by atoms with Crippen LogP contribution in [-0.4, -0.2) is 23.2 Å². The van der Waals surface area contributed by atoms with Crippen LogP contribution in [-0.2, 0) is 20.1 Å². The third-order valence-corrected chi connectivity index (χ3v) is 13.4. The van der Waals surface area contributed by atoms with Crippen molar-refractivity contribution in [3.05, 3.63) is 163 Å². The molecule has 0 amide bonds. The maximum Gasteiger partial charge on any atom is 0 e. The number of benzene rings is 5. The van der Waals surface area contributed by atoms with Crippen molar-refractivity contribution in [3.8, 4) is 44.8 Å². The molecular weight excluding hydrogens is 849 g/mol. The summed E-state index contributed by atoms with van der Waals surface area (Å²) in [5.74, 6) is 7.20. The van der Waals surface area contributed by atoms with Gasteiger partial charge in [0, 0.05) is 37.3 Å². The van der Waals surface area contributed by atoms with Crippen molar-refractivity contribution in [2.45, 2.75) is 31.1 Å². The van der Waals surface area contributed by atoms with Crippen LogP contribution in [0.25, 0.3) is 66.7 Å². The summed E-state index contributed by atoms with van der Waals surface area (Å²) in [6, 6.07) is 50.0.